The third-order valence-corrected chi connectivity index (χ3v) is 7.92. The summed E-state index contributed by atoms with van der Waals surface area (Å²) >= 11 is 0. The molecule has 0 amide bonds. The predicted molar refractivity (Wildman–Crippen MR) is 131 cm³/mol. The van der Waals surface area contributed by atoms with Gasteiger partial charge in [-0.05, 0) is 56.5 Å². The topological polar surface area (TPSA) is 56.8 Å². The number of sulfonamides is 1. The molecular weight excluding hydrogens is 455 g/mol. The summed E-state index contributed by atoms with van der Waals surface area (Å²) in [5.74, 6) is 1.00. The maximum absolute atomic E-state index is 12.7. The monoisotopic (exact) mass is 486 g/mol. The first kappa shape index (κ1) is 25.9. The summed E-state index contributed by atoms with van der Waals surface area (Å²) in [4.78, 5) is 9.85. The lowest BCUT2D eigenvalue weighted by Crippen LogP contribution is -2.49. The summed E-state index contributed by atoms with van der Waals surface area (Å²) in [7, 11) is -3.36. The Kier molecular flexibility index (Phi) is 9.15. The van der Waals surface area contributed by atoms with Gasteiger partial charge in [-0.15, -0.1) is 24.8 Å². The van der Waals surface area contributed by atoms with Crippen LogP contribution in [0.1, 0.15) is 26.7 Å². The van der Waals surface area contributed by atoms with Gasteiger partial charge in [0, 0.05) is 57.1 Å². The molecule has 0 saturated carbocycles. The first-order valence-corrected chi connectivity index (χ1v) is 11.9. The molecule has 0 N–H and O–H groups in total. The maximum Gasteiger partial charge on any atom is 0.243 e. The van der Waals surface area contributed by atoms with Crippen LogP contribution in [0.2, 0.25) is 0 Å². The van der Waals surface area contributed by atoms with Gasteiger partial charge < -0.3 is 4.90 Å². The molecule has 0 aliphatic carbocycles. The zero-order valence-electron chi connectivity index (χ0n) is 18.1. The lowest BCUT2D eigenvalue weighted by atomic mass is 10.1. The summed E-state index contributed by atoms with van der Waals surface area (Å²) < 4.78 is 26.9. The van der Waals surface area contributed by atoms with Crippen LogP contribution in [0, 0.1) is 0 Å². The number of halogens is 2. The van der Waals surface area contributed by atoms with E-state index in [1.807, 2.05) is 18.3 Å². The first-order chi connectivity index (χ1) is 13.9. The van der Waals surface area contributed by atoms with Gasteiger partial charge in [-0.1, -0.05) is 12.1 Å². The molecule has 6 nitrogen and oxygen atoms in total. The summed E-state index contributed by atoms with van der Waals surface area (Å²) in [5, 5.41) is 0. The molecule has 2 fully saturated rings. The fourth-order valence-electron chi connectivity index (χ4n) is 4.11. The molecular formula is C22H32Cl2N4O2S. The molecule has 4 rings (SSSR count). The number of hydrogen-bond donors (Lipinski definition) is 0. The van der Waals surface area contributed by atoms with Gasteiger partial charge in [0.25, 0.3) is 0 Å². The molecule has 2 aromatic rings. The molecule has 2 aliphatic heterocycles. The average molecular weight is 487 g/mol. The van der Waals surface area contributed by atoms with E-state index in [1.54, 1.807) is 16.4 Å². The number of anilines is 1. The number of aromatic nitrogens is 1. The van der Waals surface area contributed by atoms with E-state index >= 15 is 0 Å². The largest absolute Gasteiger partial charge is 0.354 e. The Labute approximate surface area is 198 Å². The van der Waals surface area contributed by atoms with E-state index in [2.05, 4.69) is 40.8 Å². The quantitative estimate of drug-likeness (QED) is 0.640. The zero-order chi connectivity index (χ0) is 20.4. The molecule has 1 aromatic carbocycles. The Morgan fingerprint density at radius 3 is 1.90 bits per heavy atom. The van der Waals surface area contributed by atoms with Gasteiger partial charge in [-0.3, -0.25) is 4.90 Å². The first-order valence-electron chi connectivity index (χ1n) is 10.5. The third kappa shape index (κ3) is 5.71. The van der Waals surface area contributed by atoms with Crippen LogP contribution in [0.5, 0.6) is 0 Å². The van der Waals surface area contributed by atoms with Gasteiger partial charge in [0.1, 0.15) is 5.82 Å². The molecule has 2 saturated heterocycles. The van der Waals surface area contributed by atoms with Crippen molar-refractivity contribution in [3.05, 3.63) is 42.6 Å². The Balaban J connectivity index is 0.00000171. The van der Waals surface area contributed by atoms with Gasteiger partial charge in [0.2, 0.25) is 10.0 Å². The third-order valence-electron chi connectivity index (χ3n) is 6.01. The molecule has 0 atom stereocenters. The molecule has 9 heteroatoms. The van der Waals surface area contributed by atoms with Crippen molar-refractivity contribution in [2.24, 2.45) is 0 Å². The Morgan fingerprint density at radius 1 is 0.806 bits per heavy atom. The van der Waals surface area contributed by atoms with Crippen molar-refractivity contribution in [2.45, 2.75) is 37.6 Å². The number of benzene rings is 1. The van der Waals surface area contributed by atoms with Crippen LogP contribution in [-0.2, 0) is 10.0 Å². The lowest BCUT2D eigenvalue weighted by molar-refractivity contribution is 0.209. The Morgan fingerprint density at radius 2 is 1.39 bits per heavy atom. The highest BCUT2D eigenvalue weighted by molar-refractivity contribution is 7.89. The van der Waals surface area contributed by atoms with Crippen LogP contribution in [0.25, 0.3) is 11.1 Å². The second kappa shape index (κ2) is 11.0. The predicted octanol–water partition coefficient (Wildman–Crippen LogP) is 3.91. The minimum absolute atomic E-state index is 0. The zero-order valence-corrected chi connectivity index (χ0v) is 20.6. The Hall–Kier alpha value is -1.38. The highest BCUT2D eigenvalue weighted by Crippen LogP contribution is 2.26. The molecule has 0 bridgehead atoms. The van der Waals surface area contributed by atoms with Crippen LogP contribution in [-0.4, -0.2) is 67.9 Å². The van der Waals surface area contributed by atoms with Gasteiger partial charge in [0.15, 0.2) is 0 Å². The number of nitrogens with zero attached hydrogens (tertiary/aromatic N) is 4. The van der Waals surface area contributed by atoms with Crippen LogP contribution in [0.3, 0.4) is 0 Å². The van der Waals surface area contributed by atoms with Gasteiger partial charge in [-0.25, -0.2) is 13.4 Å². The molecule has 0 unspecified atom stereocenters. The van der Waals surface area contributed by atoms with Crippen molar-refractivity contribution in [2.75, 3.05) is 44.2 Å². The van der Waals surface area contributed by atoms with E-state index in [-0.39, 0.29) is 24.8 Å². The molecule has 2 aliphatic rings. The van der Waals surface area contributed by atoms with E-state index in [0.717, 1.165) is 56.0 Å². The van der Waals surface area contributed by atoms with Crippen molar-refractivity contribution in [3.8, 4) is 11.1 Å². The van der Waals surface area contributed by atoms with Crippen molar-refractivity contribution in [1.29, 1.82) is 0 Å². The lowest BCUT2D eigenvalue weighted by Gasteiger charge is -2.37. The fourth-order valence-corrected chi connectivity index (χ4v) is 5.63. The molecule has 3 heterocycles. The minimum Gasteiger partial charge on any atom is -0.354 e. The Bertz CT molecular complexity index is 923. The van der Waals surface area contributed by atoms with Crippen molar-refractivity contribution in [1.82, 2.24) is 14.2 Å². The fraction of sp³-hybridized carbons (Fsp3) is 0.500. The van der Waals surface area contributed by atoms with E-state index in [9.17, 15) is 8.42 Å². The van der Waals surface area contributed by atoms with E-state index in [0.29, 0.717) is 24.0 Å². The number of pyridine rings is 1. The normalized spacial score (nSPS) is 18.0. The van der Waals surface area contributed by atoms with E-state index in [4.69, 9.17) is 0 Å². The molecule has 172 valence electrons. The van der Waals surface area contributed by atoms with Gasteiger partial charge >= 0.3 is 0 Å². The van der Waals surface area contributed by atoms with Crippen LogP contribution in [0.4, 0.5) is 5.82 Å². The van der Waals surface area contributed by atoms with Gasteiger partial charge in [0.05, 0.1) is 4.90 Å². The van der Waals surface area contributed by atoms with Crippen molar-refractivity contribution >= 4 is 40.7 Å². The van der Waals surface area contributed by atoms with E-state index < -0.39 is 10.0 Å². The highest BCUT2D eigenvalue weighted by Gasteiger charge is 2.27. The smallest absolute Gasteiger partial charge is 0.243 e. The second-order valence-corrected chi connectivity index (χ2v) is 10.1. The summed E-state index contributed by atoms with van der Waals surface area (Å²) in [6.07, 6.45) is 3.78. The summed E-state index contributed by atoms with van der Waals surface area (Å²) in [6.45, 7) is 9.85. The van der Waals surface area contributed by atoms with Crippen molar-refractivity contribution in [3.63, 3.8) is 0 Å². The molecule has 0 spiro atoms. The van der Waals surface area contributed by atoms with Crippen LogP contribution in [0.15, 0.2) is 47.5 Å². The average Bonchev–Trinajstić information content (AvgIpc) is 3.30. The summed E-state index contributed by atoms with van der Waals surface area (Å²) in [6, 6.07) is 11.9. The molecule has 31 heavy (non-hydrogen) atoms. The van der Waals surface area contributed by atoms with Crippen LogP contribution >= 0.6 is 24.8 Å². The summed E-state index contributed by atoms with van der Waals surface area (Å²) in [5.41, 5.74) is 1.98. The standard InChI is InChI=1S/C22H30N4O2S.2ClH/c1-18(2)24-13-15-25(16-14-24)22-10-7-20(17-23-22)19-5-8-21(9-6-19)29(27,28)26-11-3-4-12-26;;/h5-10,17-18H,3-4,11-16H2,1-2H3;2*1H. The number of rotatable bonds is 5. The molecule has 0 radical (unpaired) electrons. The van der Waals surface area contributed by atoms with Crippen molar-refractivity contribution < 1.29 is 8.42 Å². The minimum atomic E-state index is -3.36. The molecule has 1 aromatic heterocycles. The van der Waals surface area contributed by atoms with Gasteiger partial charge in [-0.2, -0.15) is 4.31 Å². The van der Waals surface area contributed by atoms with Crippen LogP contribution < -0.4 is 4.90 Å². The second-order valence-electron chi connectivity index (χ2n) is 8.16. The number of hydrogen-bond acceptors (Lipinski definition) is 5. The highest BCUT2D eigenvalue weighted by atomic mass is 35.5. The SMILES string of the molecule is CC(C)N1CCN(c2ccc(-c3ccc(S(=O)(=O)N4CCCC4)cc3)cn2)CC1.Cl.Cl. The maximum atomic E-state index is 12.7. The van der Waals surface area contributed by atoms with E-state index in [1.165, 1.54) is 0 Å². The number of piperazine rings is 1.